The molecule has 0 bridgehead atoms. The molecule has 1 aromatic heterocycles. The maximum absolute atomic E-state index is 12.8. The molecule has 1 heterocycles. The van der Waals surface area contributed by atoms with Crippen molar-refractivity contribution >= 4 is 17.7 Å². The van der Waals surface area contributed by atoms with E-state index in [1.165, 1.54) is 38.0 Å². The zero-order valence-electron chi connectivity index (χ0n) is 14.5. The largest absolute Gasteiger partial charge is 0.504 e. The van der Waals surface area contributed by atoms with Crippen molar-refractivity contribution in [2.75, 3.05) is 14.2 Å². The number of nitrogens with zero attached hydrogens (tertiary/aromatic N) is 3. The number of hydrogen-bond donors (Lipinski definition) is 1. The molecule has 9 heteroatoms. The van der Waals surface area contributed by atoms with Crippen LogP contribution in [0.2, 0.25) is 0 Å². The van der Waals surface area contributed by atoms with E-state index in [2.05, 4.69) is 4.98 Å². The molecule has 1 N–H and O–H groups in total. The number of fused-ring (bicyclic) bond motifs is 1. The average Bonchev–Trinajstić information content (AvgIpc) is 2.98. The number of benzene rings is 1. The predicted molar refractivity (Wildman–Crippen MR) is 91.7 cm³/mol. The quantitative estimate of drug-likeness (QED) is 0.505. The normalized spacial score (nSPS) is 15.0. The van der Waals surface area contributed by atoms with Gasteiger partial charge >= 0.3 is 5.82 Å². The molecule has 136 valence electrons. The van der Waals surface area contributed by atoms with E-state index in [0.717, 1.165) is 6.20 Å². The number of phenols is 1. The van der Waals surface area contributed by atoms with Crippen LogP contribution in [0.3, 0.4) is 0 Å². The molecule has 0 atom stereocenters. The topological polar surface area (TPSA) is 117 Å². The monoisotopic (exact) mass is 359 g/mol. The molecule has 1 aliphatic carbocycles. The molecule has 0 saturated heterocycles. The van der Waals surface area contributed by atoms with Gasteiger partial charge in [0.05, 0.1) is 21.3 Å². The van der Waals surface area contributed by atoms with Crippen LogP contribution in [0.5, 0.6) is 17.2 Å². The Kier molecular flexibility index (Phi) is 4.37. The Bertz CT molecular complexity index is 944. The van der Waals surface area contributed by atoms with E-state index in [4.69, 9.17) is 9.47 Å². The highest BCUT2D eigenvalue weighted by atomic mass is 16.6. The van der Waals surface area contributed by atoms with Crippen molar-refractivity contribution in [3.05, 3.63) is 44.9 Å². The van der Waals surface area contributed by atoms with E-state index < -0.39 is 4.92 Å². The summed E-state index contributed by atoms with van der Waals surface area (Å²) in [6.45, 7) is 0. The lowest BCUT2D eigenvalue weighted by Gasteiger charge is -2.21. The summed E-state index contributed by atoms with van der Waals surface area (Å²) in [5, 5.41) is 21.3. The number of allylic oxidation sites excluding steroid dienone is 1. The molecule has 0 radical (unpaired) electrons. The third kappa shape index (κ3) is 2.67. The number of imidazole rings is 1. The van der Waals surface area contributed by atoms with Gasteiger partial charge in [0.15, 0.2) is 17.3 Å². The lowest BCUT2D eigenvalue weighted by atomic mass is 9.85. The molecule has 0 spiro atoms. The summed E-state index contributed by atoms with van der Waals surface area (Å²) >= 11 is 0. The number of rotatable bonds is 4. The van der Waals surface area contributed by atoms with Crippen LogP contribution in [0.15, 0.2) is 17.8 Å². The lowest BCUT2D eigenvalue weighted by Crippen LogP contribution is -2.15. The Morgan fingerprint density at radius 1 is 1.35 bits per heavy atom. The van der Waals surface area contributed by atoms with Gasteiger partial charge in [0.25, 0.3) is 0 Å². The average molecular weight is 359 g/mol. The van der Waals surface area contributed by atoms with E-state index in [9.17, 15) is 20.0 Å². The van der Waals surface area contributed by atoms with Crippen molar-refractivity contribution in [3.8, 4) is 17.2 Å². The number of hydrogen-bond acceptors (Lipinski definition) is 7. The first-order valence-electron chi connectivity index (χ1n) is 7.77. The fraction of sp³-hybridized carbons (Fsp3) is 0.294. The zero-order chi connectivity index (χ0) is 19.0. The molecule has 9 nitrogen and oxygen atoms in total. The number of ether oxygens (including phenoxy) is 2. The van der Waals surface area contributed by atoms with E-state index in [0.29, 0.717) is 35.4 Å². The van der Waals surface area contributed by atoms with Gasteiger partial charge in [-0.05, 0) is 23.8 Å². The molecule has 0 amide bonds. The summed E-state index contributed by atoms with van der Waals surface area (Å²) in [5.41, 5.74) is 1.27. The van der Waals surface area contributed by atoms with Crippen molar-refractivity contribution in [2.45, 2.75) is 12.8 Å². The first-order valence-corrected chi connectivity index (χ1v) is 7.77. The molecule has 0 fully saturated rings. The summed E-state index contributed by atoms with van der Waals surface area (Å²) in [4.78, 5) is 27.2. The molecule has 3 rings (SSSR count). The van der Waals surface area contributed by atoms with Gasteiger partial charge in [0.2, 0.25) is 11.6 Å². The SMILES string of the molecule is COc1cc2c(c(O)c1OC)CCC(=Cc1ncc([N+](=O)[O-])n1C)C2=O. The fourth-order valence-electron chi connectivity index (χ4n) is 3.03. The number of methoxy groups -OCH3 is 2. The van der Waals surface area contributed by atoms with Crippen LogP contribution < -0.4 is 9.47 Å². The van der Waals surface area contributed by atoms with Crippen LogP contribution in [0, 0.1) is 10.1 Å². The van der Waals surface area contributed by atoms with Gasteiger partial charge in [-0.2, -0.15) is 0 Å². The van der Waals surface area contributed by atoms with E-state index in [-0.39, 0.29) is 28.8 Å². The summed E-state index contributed by atoms with van der Waals surface area (Å²) in [5.74, 6) is 0.199. The molecule has 0 unspecified atom stereocenters. The smallest absolute Gasteiger partial charge is 0.342 e. The highest BCUT2D eigenvalue weighted by molar-refractivity contribution is 6.13. The Hall–Kier alpha value is -3.36. The second-order valence-electron chi connectivity index (χ2n) is 5.78. The van der Waals surface area contributed by atoms with Crippen LogP contribution >= 0.6 is 0 Å². The summed E-state index contributed by atoms with van der Waals surface area (Å²) in [6, 6.07) is 1.53. The van der Waals surface area contributed by atoms with Gasteiger partial charge in [-0.15, -0.1) is 0 Å². The van der Waals surface area contributed by atoms with E-state index >= 15 is 0 Å². The Morgan fingerprint density at radius 3 is 2.65 bits per heavy atom. The number of ketones is 1. The summed E-state index contributed by atoms with van der Waals surface area (Å²) < 4.78 is 11.6. The van der Waals surface area contributed by atoms with E-state index in [1.54, 1.807) is 0 Å². The number of carbonyl (C=O) groups is 1. The summed E-state index contributed by atoms with van der Waals surface area (Å²) in [6.07, 6.45) is 3.47. The second kappa shape index (κ2) is 6.51. The maximum Gasteiger partial charge on any atom is 0.342 e. The number of phenolic OH excluding ortho intramolecular Hbond substituents is 1. The van der Waals surface area contributed by atoms with Gasteiger partial charge in [0, 0.05) is 22.8 Å². The van der Waals surface area contributed by atoms with Gasteiger partial charge in [0.1, 0.15) is 6.20 Å². The Labute approximate surface area is 148 Å². The molecule has 1 aromatic carbocycles. The molecule has 2 aromatic rings. The van der Waals surface area contributed by atoms with Crippen LogP contribution in [-0.4, -0.2) is 39.6 Å². The van der Waals surface area contributed by atoms with Crippen LogP contribution in [0.25, 0.3) is 6.08 Å². The summed E-state index contributed by atoms with van der Waals surface area (Å²) in [7, 11) is 4.34. The Balaban J connectivity index is 2.05. The second-order valence-corrected chi connectivity index (χ2v) is 5.78. The predicted octanol–water partition coefficient (Wildman–Crippen LogP) is 2.26. The lowest BCUT2D eigenvalue weighted by molar-refractivity contribution is -0.391. The van der Waals surface area contributed by atoms with Crippen molar-refractivity contribution in [2.24, 2.45) is 7.05 Å². The number of Topliss-reactive ketones (excluding diaryl/α,β-unsaturated/α-hetero) is 1. The first-order chi connectivity index (χ1) is 12.4. The van der Waals surface area contributed by atoms with Gasteiger partial charge < -0.3 is 24.7 Å². The minimum atomic E-state index is -0.540. The number of aromatic nitrogens is 2. The van der Waals surface area contributed by atoms with Crippen LogP contribution in [0.1, 0.15) is 28.2 Å². The maximum atomic E-state index is 12.8. The highest BCUT2D eigenvalue weighted by Gasteiger charge is 2.29. The third-order valence-corrected chi connectivity index (χ3v) is 4.42. The van der Waals surface area contributed by atoms with Gasteiger partial charge in [-0.1, -0.05) is 0 Å². The van der Waals surface area contributed by atoms with Crippen molar-refractivity contribution in [3.63, 3.8) is 0 Å². The number of nitro groups is 1. The molecule has 0 saturated carbocycles. The van der Waals surface area contributed by atoms with Gasteiger partial charge in [-0.25, -0.2) is 9.55 Å². The zero-order valence-corrected chi connectivity index (χ0v) is 14.5. The molecule has 26 heavy (non-hydrogen) atoms. The van der Waals surface area contributed by atoms with Crippen LogP contribution in [0.4, 0.5) is 5.82 Å². The number of carbonyl (C=O) groups excluding carboxylic acids is 1. The van der Waals surface area contributed by atoms with Crippen LogP contribution in [-0.2, 0) is 13.5 Å². The van der Waals surface area contributed by atoms with Gasteiger partial charge in [-0.3, -0.25) is 4.79 Å². The minimum Gasteiger partial charge on any atom is -0.504 e. The van der Waals surface area contributed by atoms with Crippen molar-refractivity contribution < 1.29 is 24.3 Å². The minimum absolute atomic E-state index is 0.109. The molecular formula is C17H17N3O6. The molecule has 1 aliphatic rings. The van der Waals surface area contributed by atoms with Crippen molar-refractivity contribution in [1.82, 2.24) is 9.55 Å². The van der Waals surface area contributed by atoms with Crippen molar-refractivity contribution in [1.29, 1.82) is 0 Å². The highest BCUT2D eigenvalue weighted by Crippen LogP contribution is 2.44. The third-order valence-electron chi connectivity index (χ3n) is 4.42. The van der Waals surface area contributed by atoms with E-state index in [1.807, 2.05) is 0 Å². The number of aromatic hydroxyl groups is 1. The Morgan fingerprint density at radius 2 is 2.08 bits per heavy atom. The molecule has 0 aliphatic heterocycles. The molecular weight excluding hydrogens is 342 g/mol. The first kappa shape index (κ1) is 17.5. The fourth-order valence-corrected chi connectivity index (χ4v) is 3.03. The standard InChI is InChI=1S/C17H17N3O6/c1-19-13(18-8-14(19)20(23)24)6-9-4-5-10-11(15(9)21)7-12(25-2)17(26-3)16(10)22/h6-8,22H,4-5H2,1-3H3.